The van der Waals surface area contributed by atoms with Gasteiger partial charge in [0.25, 0.3) is 0 Å². The van der Waals surface area contributed by atoms with E-state index < -0.39 is 5.82 Å². The molecule has 0 atom stereocenters. The number of ether oxygens (including phenoxy) is 3. The molecule has 16 heavy (non-hydrogen) atoms. The summed E-state index contributed by atoms with van der Waals surface area (Å²) in [7, 11) is 3.22. The summed E-state index contributed by atoms with van der Waals surface area (Å²) in [5.74, 6) is 0.782. The highest BCUT2D eigenvalue weighted by Crippen LogP contribution is 2.41. The predicted molar refractivity (Wildman–Crippen MR) is 56.7 cm³/mol. The van der Waals surface area contributed by atoms with Crippen LogP contribution in [0, 0.1) is 5.82 Å². The lowest BCUT2D eigenvalue weighted by Gasteiger charge is -2.23. The van der Waals surface area contributed by atoms with E-state index in [0.717, 1.165) is 0 Å². The van der Waals surface area contributed by atoms with Gasteiger partial charge in [0.2, 0.25) is 0 Å². The summed E-state index contributed by atoms with van der Waals surface area (Å²) in [5, 5.41) is 2.95. The normalized spacial score (nSPS) is 13.7. The van der Waals surface area contributed by atoms with Crippen LogP contribution in [-0.4, -0.2) is 27.4 Å². The van der Waals surface area contributed by atoms with Gasteiger partial charge in [-0.25, -0.2) is 4.39 Å². The maximum Gasteiger partial charge on any atom is 0.169 e. The summed E-state index contributed by atoms with van der Waals surface area (Å²) in [4.78, 5) is 0. The standard InChI is InChI=1S/C11H14FNO3/c1-13-6-7-10(14-2)8(12)5-9-11(7)16-4-3-15-9/h5,13H,3-4,6H2,1-2H3. The van der Waals surface area contributed by atoms with E-state index in [0.29, 0.717) is 36.8 Å². The van der Waals surface area contributed by atoms with Crippen LogP contribution in [0.25, 0.3) is 0 Å². The summed E-state index contributed by atoms with van der Waals surface area (Å²) >= 11 is 0. The molecule has 0 amide bonds. The maximum absolute atomic E-state index is 13.7. The van der Waals surface area contributed by atoms with Gasteiger partial charge in [-0.3, -0.25) is 0 Å². The van der Waals surface area contributed by atoms with Gasteiger partial charge < -0.3 is 19.5 Å². The first kappa shape index (κ1) is 11.0. The Morgan fingerprint density at radius 1 is 1.44 bits per heavy atom. The predicted octanol–water partition coefficient (Wildman–Crippen LogP) is 1.32. The topological polar surface area (TPSA) is 39.7 Å². The second kappa shape index (κ2) is 4.57. The highest BCUT2D eigenvalue weighted by molar-refractivity contribution is 5.55. The van der Waals surface area contributed by atoms with Gasteiger partial charge in [0.15, 0.2) is 23.1 Å². The molecule has 1 aliphatic rings. The summed E-state index contributed by atoms with van der Waals surface area (Å²) in [6.45, 7) is 1.38. The molecule has 0 unspecified atom stereocenters. The first-order chi connectivity index (χ1) is 7.77. The van der Waals surface area contributed by atoms with E-state index in [9.17, 15) is 4.39 Å². The van der Waals surface area contributed by atoms with Crippen molar-refractivity contribution in [1.82, 2.24) is 5.32 Å². The van der Waals surface area contributed by atoms with Crippen molar-refractivity contribution in [2.45, 2.75) is 6.54 Å². The molecular weight excluding hydrogens is 213 g/mol. The van der Waals surface area contributed by atoms with E-state index in [-0.39, 0.29) is 5.75 Å². The molecule has 0 fully saturated rings. The number of fused-ring (bicyclic) bond motifs is 1. The van der Waals surface area contributed by atoms with Crippen molar-refractivity contribution in [3.8, 4) is 17.2 Å². The lowest BCUT2D eigenvalue weighted by molar-refractivity contribution is 0.167. The molecule has 1 aromatic carbocycles. The molecular formula is C11H14FNO3. The van der Waals surface area contributed by atoms with Crippen molar-refractivity contribution in [3.63, 3.8) is 0 Å². The minimum Gasteiger partial charge on any atom is -0.493 e. The van der Waals surface area contributed by atoms with Crippen LogP contribution in [0.15, 0.2) is 6.07 Å². The Morgan fingerprint density at radius 3 is 2.88 bits per heavy atom. The Kier molecular flexibility index (Phi) is 3.14. The largest absolute Gasteiger partial charge is 0.493 e. The number of methoxy groups -OCH3 is 1. The fraction of sp³-hybridized carbons (Fsp3) is 0.455. The molecule has 5 heteroatoms. The van der Waals surface area contributed by atoms with Gasteiger partial charge in [0.05, 0.1) is 12.7 Å². The Bertz CT molecular complexity index is 395. The molecule has 1 heterocycles. The second-order valence-electron chi connectivity index (χ2n) is 3.42. The molecule has 0 saturated carbocycles. The first-order valence-corrected chi connectivity index (χ1v) is 5.07. The zero-order valence-corrected chi connectivity index (χ0v) is 9.30. The first-order valence-electron chi connectivity index (χ1n) is 5.07. The van der Waals surface area contributed by atoms with E-state index in [2.05, 4.69) is 5.32 Å². The van der Waals surface area contributed by atoms with Crippen molar-refractivity contribution in [2.24, 2.45) is 0 Å². The van der Waals surface area contributed by atoms with E-state index in [1.165, 1.54) is 13.2 Å². The summed E-state index contributed by atoms with van der Waals surface area (Å²) < 4.78 is 29.6. The van der Waals surface area contributed by atoms with Crippen LogP contribution in [-0.2, 0) is 6.54 Å². The third-order valence-corrected chi connectivity index (χ3v) is 2.39. The summed E-state index contributed by atoms with van der Waals surface area (Å²) in [6.07, 6.45) is 0. The van der Waals surface area contributed by atoms with Gasteiger partial charge in [-0.1, -0.05) is 0 Å². The fourth-order valence-electron chi connectivity index (χ4n) is 1.76. The summed E-state index contributed by atoms with van der Waals surface area (Å²) in [5.41, 5.74) is 0.653. The van der Waals surface area contributed by atoms with Crippen LogP contribution >= 0.6 is 0 Å². The Morgan fingerprint density at radius 2 is 2.19 bits per heavy atom. The van der Waals surface area contributed by atoms with Crippen LogP contribution in [0.5, 0.6) is 17.2 Å². The quantitative estimate of drug-likeness (QED) is 0.845. The highest BCUT2D eigenvalue weighted by Gasteiger charge is 2.23. The van der Waals surface area contributed by atoms with Crippen LogP contribution in [0.3, 0.4) is 0 Å². The molecule has 2 rings (SSSR count). The van der Waals surface area contributed by atoms with Crippen LogP contribution < -0.4 is 19.5 Å². The zero-order valence-electron chi connectivity index (χ0n) is 9.30. The Labute approximate surface area is 93.3 Å². The van der Waals surface area contributed by atoms with E-state index in [1.54, 1.807) is 7.05 Å². The number of benzene rings is 1. The number of nitrogens with one attached hydrogen (secondary N) is 1. The SMILES string of the molecule is CNCc1c(OC)c(F)cc2c1OCCO2. The van der Waals surface area contributed by atoms with E-state index in [1.807, 2.05) is 0 Å². The van der Waals surface area contributed by atoms with Crippen molar-refractivity contribution < 1.29 is 18.6 Å². The number of hydrogen-bond acceptors (Lipinski definition) is 4. The smallest absolute Gasteiger partial charge is 0.169 e. The number of hydrogen-bond donors (Lipinski definition) is 1. The van der Waals surface area contributed by atoms with Crippen LogP contribution in [0.2, 0.25) is 0 Å². The van der Waals surface area contributed by atoms with Crippen LogP contribution in [0.4, 0.5) is 4.39 Å². The van der Waals surface area contributed by atoms with Gasteiger partial charge in [0, 0.05) is 12.6 Å². The third kappa shape index (κ3) is 1.78. The van der Waals surface area contributed by atoms with Crippen molar-refractivity contribution >= 4 is 0 Å². The van der Waals surface area contributed by atoms with Crippen molar-refractivity contribution in [2.75, 3.05) is 27.4 Å². The lowest BCUT2D eigenvalue weighted by Crippen LogP contribution is -2.19. The van der Waals surface area contributed by atoms with Crippen molar-refractivity contribution in [1.29, 1.82) is 0 Å². The molecule has 0 aliphatic carbocycles. The summed E-state index contributed by atoms with van der Waals surface area (Å²) in [6, 6.07) is 1.30. The van der Waals surface area contributed by atoms with Gasteiger partial charge in [-0.05, 0) is 7.05 Å². The van der Waals surface area contributed by atoms with Crippen molar-refractivity contribution in [3.05, 3.63) is 17.4 Å². The average molecular weight is 227 g/mol. The Balaban J connectivity index is 2.54. The molecule has 0 bridgehead atoms. The number of rotatable bonds is 3. The maximum atomic E-state index is 13.7. The van der Waals surface area contributed by atoms with Gasteiger partial charge in [0.1, 0.15) is 13.2 Å². The second-order valence-corrected chi connectivity index (χ2v) is 3.42. The molecule has 1 N–H and O–H groups in total. The van der Waals surface area contributed by atoms with E-state index in [4.69, 9.17) is 14.2 Å². The molecule has 1 aromatic rings. The highest BCUT2D eigenvalue weighted by atomic mass is 19.1. The Hall–Kier alpha value is -1.49. The molecule has 0 saturated heterocycles. The fourth-order valence-corrected chi connectivity index (χ4v) is 1.76. The number of halogens is 1. The monoisotopic (exact) mass is 227 g/mol. The molecule has 0 spiro atoms. The molecule has 88 valence electrons. The van der Waals surface area contributed by atoms with Crippen LogP contribution in [0.1, 0.15) is 5.56 Å². The molecule has 4 nitrogen and oxygen atoms in total. The zero-order chi connectivity index (χ0) is 11.5. The minimum absolute atomic E-state index is 0.207. The molecule has 0 aromatic heterocycles. The van der Waals surface area contributed by atoms with Gasteiger partial charge in [-0.2, -0.15) is 0 Å². The minimum atomic E-state index is -0.433. The third-order valence-electron chi connectivity index (χ3n) is 2.39. The lowest BCUT2D eigenvalue weighted by atomic mass is 10.1. The average Bonchev–Trinajstić information content (AvgIpc) is 2.29. The van der Waals surface area contributed by atoms with E-state index >= 15 is 0 Å². The molecule has 1 aliphatic heterocycles. The molecule has 0 radical (unpaired) electrons. The van der Waals surface area contributed by atoms with Gasteiger partial charge >= 0.3 is 0 Å². The van der Waals surface area contributed by atoms with Gasteiger partial charge in [-0.15, -0.1) is 0 Å².